The average molecular weight is 509 g/mol. The molecule has 0 aliphatic rings. The van der Waals surface area contributed by atoms with E-state index in [0.717, 1.165) is 17.7 Å². The highest BCUT2D eigenvalue weighted by Gasteiger charge is 2.29. The maximum atomic E-state index is 13.0. The molecule has 0 aromatic carbocycles. The molecule has 31 heavy (non-hydrogen) atoms. The summed E-state index contributed by atoms with van der Waals surface area (Å²) >= 11 is 7.68. The molecule has 11 heteroatoms. The Bertz CT molecular complexity index is 675. The zero-order chi connectivity index (χ0) is 23.2. The van der Waals surface area contributed by atoms with Crippen LogP contribution in [-0.2, 0) is 30.3 Å². The van der Waals surface area contributed by atoms with E-state index in [4.69, 9.17) is 15.2 Å². The first kappa shape index (κ1) is 28.2. The minimum atomic E-state index is -0.890. The summed E-state index contributed by atoms with van der Waals surface area (Å²) in [6.07, 6.45) is 3.95. The molecule has 0 spiro atoms. The van der Waals surface area contributed by atoms with E-state index in [9.17, 15) is 14.4 Å². The van der Waals surface area contributed by atoms with Crippen LogP contribution in [-0.4, -0.2) is 60.4 Å². The highest BCUT2D eigenvalue weighted by Crippen LogP contribution is 2.28. The van der Waals surface area contributed by atoms with Crippen molar-refractivity contribution in [3.05, 3.63) is 22.4 Å². The summed E-state index contributed by atoms with van der Waals surface area (Å²) in [5.74, 6) is -1.00. The van der Waals surface area contributed by atoms with Gasteiger partial charge in [0.2, 0.25) is 5.91 Å². The van der Waals surface area contributed by atoms with Gasteiger partial charge in [-0.1, -0.05) is 10.8 Å². The fourth-order valence-electron chi connectivity index (χ4n) is 2.84. The van der Waals surface area contributed by atoms with Gasteiger partial charge in [0, 0.05) is 17.2 Å². The third-order valence-corrected chi connectivity index (χ3v) is 7.57. The van der Waals surface area contributed by atoms with E-state index >= 15 is 0 Å². The average Bonchev–Trinajstić information content (AvgIpc) is 3.26. The van der Waals surface area contributed by atoms with E-state index in [-0.39, 0.29) is 29.7 Å². The predicted octanol–water partition coefficient (Wildman–Crippen LogP) is 2.93. The van der Waals surface area contributed by atoms with E-state index in [0.29, 0.717) is 12.8 Å². The second-order valence-corrected chi connectivity index (χ2v) is 10.2. The molecule has 0 saturated carbocycles. The number of carbonyl (C=O) groups excluding carboxylic acids is 3. The van der Waals surface area contributed by atoms with Crippen molar-refractivity contribution in [2.75, 3.05) is 25.2 Å². The van der Waals surface area contributed by atoms with Crippen LogP contribution in [0.1, 0.15) is 32.3 Å². The van der Waals surface area contributed by atoms with E-state index in [1.165, 1.54) is 17.7 Å². The summed E-state index contributed by atoms with van der Waals surface area (Å²) in [5, 5.41) is 6.69. The van der Waals surface area contributed by atoms with Crippen molar-refractivity contribution in [1.82, 2.24) is 5.32 Å². The second kappa shape index (κ2) is 15.8. The molecule has 4 atom stereocenters. The molecule has 7 nitrogen and oxygen atoms in total. The van der Waals surface area contributed by atoms with Crippen LogP contribution in [0.25, 0.3) is 0 Å². The van der Waals surface area contributed by atoms with Gasteiger partial charge in [-0.25, -0.2) is 9.59 Å². The molecule has 1 aromatic heterocycles. The Morgan fingerprint density at radius 2 is 2.06 bits per heavy atom. The molecule has 0 saturated heterocycles. The lowest BCUT2D eigenvalue weighted by atomic mass is 9.92. The number of nitrogens with two attached hydrogens (primary N) is 1. The van der Waals surface area contributed by atoms with Gasteiger partial charge in [-0.15, -0.1) is 11.7 Å². The number of esters is 2. The zero-order valence-corrected chi connectivity index (χ0v) is 21.4. The number of hydrogen-bond acceptors (Lipinski definition) is 10. The first-order chi connectivity index (χ1) is 14.8. The highest BCUT2D eigenvalue weighted by atomic mass is 33.1. The second-order valence-electron chi connectivity index (χ2n) is 7.00. The lowest BCUT2D eigenvalue weighted by molar-refractivity contribution is -0.159. The Morgan fingerprint density at radius 3 is 2.65 bits per heavy atom. The van der Waals surface area contributed by atoms with Crippen molar-refractivity contribution in [3.63, 3.8) is 0 Å². The number of thiophene rings is 1. The molecular formula is C20H32N2O5S4. The Hall–Kier alpha value is -0.880. The van der Waals surface area contributed by atoms with E-state index in [1.54, 1.807) is 30.0 Å². The molecular weight excluding hydrogens is 476 g/mol. The van der Waals surface area contributed by atoms with Gasteiger partial charge < -0.3 is 20.5 Å². The third kappa shape index (κ3) is 11.0. The normalized spacial score (nSPS) is 14.9. The first-order valence-corrected chi connectivity index (χ1v) is 14.3. The molecule has 1 aromatic rings. The fourth-order valence-corrected chi connectivity index (χ4v) is 5.37. The quantitative estimate of drug-likeness (QED) is 0.189. The molecule has 0 aliphatic carbocycles. The Kier molecular flexibility index (Phi) is 14.4. The molecule has 0 aliphatic heterocycles. The van der Waals surface area contributed by atoms with Crippen molar-refractivity contribution < 1.29 is 23.9 Å². The van der Waals surface area contributed by atoms with Crippen LogP contribution < -0.4 is 11.1 Å². The number of thiol groups is 1. The van der Waals surface area contributed by atoms with Crippen LogP contribution in [0.5, 0.6) is 0 Å². The first-order valence-electron chi connectivity index (χ1n) is 10.0. The minimum absolute atomic E-state index is 0.00376. The Balaban J connectivity index is 2.76. The van der Waals surface area contributed by atoms with Gasteiger partial charge in [-0.3, -0.25) is 4.79 Å². The molecule has 4 unspecified atom stereocenters. The molecule has 0 fully saturated rings. The van der Waals surface area contributed by atoms with Crippen LogP contribution >= 0.6 is 45.6 Å². The van der Waals surface area contributed by atoms with Crippen molar-refractivity contribution in [3.8, 4) is 0 Å². The van der Waals surface area contributed by atoms with Crippen molar-refractivity contribution in [1.29, 1.82) is 0 Å². The molecule has 1 amide bonds. The smallest absolute Gasteiger partial charge is 0.344 e. The number of hydrogen-bond donors (Lipinski definition) is 3. The number of ether oxygens (including phenoxy) is 2. The maximum absolute atomic E-state index is 13.0. The monoisotopic (exact) mass is 508 g/mol. The Labute approximate surface area is 201 Å². The summed E-state index contributed by atoms with van der Waals surface area (Å²) in [6.45, 7) is 2.92. The van der Waals surface area contributed by atoms with Gasteiger partial charge in [0.15, 0.2) is 6.61 Å². The number of carbonyl (C=O) groups is 3. The number of thioether (sulfide) groups is 1. The Morgan fingerprint density at radius 1 is 1.32 bits per heavy atom. The fraction of sp³-hybridized carbons (Fsp3) is 0.650. The van der Waals surface area contributed by atoms with Crippen LogP contribution in [0, 0.1) is 5.92 Å². The summed E-state index contributed by atoms with van der Waals surface area (Å²) in [5.41, 5.74) is 7.41. The van der Waals surface area contributed by atoms with Gasteiger partial charge in [0.1, 0.15) is 6.04 Å². The van der Waals surface area contributed by atoms with Gasteiger partial charge in [0.05, 0.1) is 6.61 Å². The van der Waals surface area contributed by atoms with Crippen LogP contribution in [0.3, 0.4) is 0 Å². The largest absolute Gasteiger partial charge is 0.463 e. The highest BCUT2D eigenvalue weighted by molar-refractivity contribution is 8.68. The summed E-state index contributed by atoms with van der Waals surface area (Å²) in [4.78, 5) is 36.5. The van der Waals surface area contributed by atoms with Gasteiger partial charge >= 0.3 is 11.9 Å². The van der Waals surface area contributed by atoms with E-state index in [2.05, 4.69) is 17.0 Å². The zero-order valence-electron chi connectivity index (χ0n) is 18.1. The topological polar surface area (TPSA) is 108 Å². The van der Waals surface area contributed by atoms with Crippen molar-refractivity contribution in [2.24, 2.45) is 11.7 Å². The molecule has 176 valence electrons. The lowest BCUT2D eigenvalue weighted by Crippen LogP contribution is -2.45. The third-order valence-electron chi connectivity index (χ3n) is 4.57. The standard InChI is InChI=1S/C20H32N2O5S4/c1-4-26-18(23)11-27-20(25)13(2)22-19(24)15(9-14-5-8-30-12-14)10-17(31-28)16(21)6-7-29-3/h5,8,12-13,15-17,28H,4,6-7,9-11,21H2,1-3H3,(H,22,24). The number of rotatable bonds is 15. The summed E-state index contributed by atoms with van der Waals surface area (Å²) in [6, 6.07) is 1.01. The van der Waals surface area contributed by atoms with Crippen molar-refractivity contribution in [2.45, 2.75) is 50.4 Å². The molecule has 3 N–H and O–H groups in total. The van der Waals surface area contributed by atoms with Crippen LogP contribution in [0.15, 0.2) is 16.8 Å². The van der Waals surface area contributed by atoms with Crippen LogP contribution in [0.4, 0.5) is 0 Å². The predicted molar refractivity (Wildman–Crippen MR) is 133 cm³/mol. The molecule has 0 bridgehead atoms. The van der Waals surface area contributed by atoms with Gasteiger partial charge in [-0.05, 0) is 67.5 Å². The number of amides is 1. The van der Waals surface area contributed by atoms with Crippen LogP contribution in [0.2, 0.25) is 0 Å². The van der Waals surface area contributed by atoms with E-state index in [1.807, 2.05) is 23.1 Å². The summed E-state index contributed by atoms with van der Waals surface area (Å²) < 4.78 is 9.66. The van der Waals surface area contributed by atoms with E-state index < -0.39 is 24.6 Å². The molecule has 1 rings (SSSR count). The maximum Gasteiger partial charge on any atom is 0.344 e. The minimum Gasteiger partial charge on any atom is -0.463 e. The lowest BCUT2D eigenvalue weighted by Gasteiger charge is -2.26. The van der Waals surface area contributed by atoms with Gasteiger partial charge in [-0.2, -0.15) is 23.1 Å². The molecule has 1 heterocycles. The summed E-state index contributed by atoms with van der Waals surface area (Å²) in [7, 11) is 1.37. The van der Waals surface area contributed by atoms with Crippen molar-refractivity contribution >= 4 is 63.4 Å². The molecule has 0 radical (unpaired) electrons. The SMILES string of the molecule is CCOC(=O)COC(=O)C(C)NC(=O)C(Cc1ccsc1)CC(SS)C(N)CCSC. The number of nitrogens with one attached hydrogen (secondary N) is 1. The van der Waals surface area contributed by atoms with Gasteiger partial charge in [0.25, 0.3) is 0 Å².